The van der Waals surface area contributed by atoms with Gasteiger partial charge in [-0.3, -0.25) is 0 Å². The van der Waals surface area contributed by atoms with Crippen molar-refractivity contribution in [3.63, 3.8) is 0 Å². The van der Waals surface area contributed by atoms with E-state index in [1.165, 1.54) is 0 Å². The van der Waals surface area contributed by atoms with Crippen LogP contribution in [0.2, 0.25) is 10.0 Å². The molecule has 0 saturated carbocycles. The highest BCUT2D eigenvalue weighted by atomic mass is 35.5. The second-order valence-electron chi connectivity index (χ2n) is 7.60. The molecule has 8 heteroatoms. The Morgan fingerprint density at radius 2 is 2.00 bits per heavy atom. The number of hydrogen-bond acceptors (Lipinski definition) is 6. The van der Waals surface area contributed by atoms with E-state index in [4.69, 9.17) is 32.9 Å². The number of aliphatic hydroxyl groups is 1. The zero-order valence-electron chi connectivity index (χ0n) is 16.2. The number of halogens is 2. The number of hydrogen-bond donors (Lipinski definition) is 1. The lowest BCUT2D eigenvalue weighted by Gasteiger charge is -2.39. The molecule has 29 heavy (non-hydrogen) atoms. The van der Waals surface area contributed by atoms with Gasteiger partial charge in [0, 0.05) is 25.3 Å². The van der Waals surface area contributed by atoms with Crippen LogP contribution in [-0.4, -0.2) is 40.4 Å². The summed E-state index contributed by atoms with van der Waals surface area (Å²) >= 11 is 12.5. The Kier molecular flexibility index (Phi) is 5.67. The number of anilines is 1. The van der Waals surface area contributed by atoms with Gasteiger partial charge in [-0.1, -0.05) is 23.2 Å². The molecular formula is C21H22Cl2N4O2. The van der Waals surface area contributed by atoms with Crippen molar-refractivity contribution in [3.8, 4) is 17.3 Å². The van der Waals surface area contributed by atoms with Crippen LogP contribution in [0.4, 0.5) is 5.82 Å². The van der Waals surface area contributed by atoms with Gasteiger partial charge in [-0.15, -0.1) is 0 Å². The maximum atomic E-state index is 9.97. The summed E-state index contributed by atoms with van der Waals surface area (Å²) in [6, 6.07) is 5.38. The van der Waals surface area contributed by atoms with Gasteiger partial charge in [0.1, 0.15) is 11.8 Å². The van der Waals surface area contributed by atoms with E-state index in [1.807, 2.05) is 13.0 Å². The second-order valence-corrected chi connectivity index (χ2v) is 8.39. The Balaban J connectivity index is 1.68. The van der Waals surface area contributed by atoms with Crippen LogP contribution in [0.15, 0.2) is 12.1 Å². The first-order valence-electron chi connectivity index (χ1n) is 9.74. The molecule has 6 nitrogen and oxygen atoms in total. The SMILES string of the molecule is Cc1nc(N2CCC3(CCCO3)CC2)c(CO)nc1-c1ccc(Cl)c(C#N)c1Cl. The van der Waals surface area contributed by atoms with E-state index in [2.05, 4.69) is 9.88 Å². The molecule has 0 aliphatic carbocycles. The number of aryl methyl sites for hydroxylation is 1. The summed E-state index contributed by atoms with van der Waals surface area (Å²) in [6.45, 7) is 4.11. The number of piperidine rings is 1. The van der Waals surface area contributed by atoms with Gasteiger partial charge >= 0.3 is 0 Å². The van der Waals surface area contributed by atoms with Gasteiger partial charge in [0.2, 0.25) is 0 Å². The summed E-state index contributed by atoms with van der Waals surface area (Å²) in [7, 11) is 0. The van der Waals surface area contributed by atoms with Crippen molar-refractivity contribution >= 4 is 29.0 Å². The molecule has 2 fully saturated rings. The topological polar surface area (TPSA) is 82.3 Å². The number of benzene rings is 1. The minimum absolute atomic E-state index is 0.0167. The Hall–Kier alpha value is -1.91. The number of nitriles is 1. The van der Waals surface area contributed by atoms with Crippen LogP contribution in [0.25, 0.3) is 11.3 Å². The van der Waals surface area contributed by atoms with Crippen LogP contribution in [0.1, 0.15) is 42.6 Å². The van der Waals surface area contributed by atoms with Crippen molar-refractivity contribution in [3.05, 3.63) is 39.1 Å². The Bertz CT molecular complexity index is 974. The number of rotatable bonds is 3. The largest absolute Gasteiger partial charge is 0.390 e. The molecular weight excluding hydrogens is 411 g/mol. The van der Waals surface area contributed by atoms with Gasteiger partial charge in [-0.25, -0.2) is 9.97 Å². The molecule has 1 aromatic carbocycles. The minimum atomic E-state index is -0.232. The lowest BCUT2D eigenvalue weighted by atomic mass is 9.88. The average molecular weight is 433 g/mol. The lowest BCUT2D eigenvalue weighted by molar-refractivity contribution is -0.0147. The Labute approximate surface area is 180 Å². The molecule has 0 bridgehead atoms. The average Bonchev–Trinajstić information content (AvgIpc) is 3.17. The highest BCUT2D eigenvalue weighted by molar-refractivity contribution is 6.38. The molecule has 0 atom stereocenters. The molecule has 2 saturated heterocycles. The molecule has 0 unspecified atom stereocenters. The van der Waals surface area contributed by atoms with Crippen LogP contribution in [0, 0.1) is 18.3 Å². The van der Waals surface area contributed by atoms with Gasteiger partial charge in [0.05, 0.1) is 39.2 Å². The van der Waals surface area contributed by atoms with Crippen LogP contribution in [0.3, 0.4) is 0 Å². The highest BCUT2D eigenvalue weighted by Gasteiger charge is 2.39. The Morgan fingerprint density at radius 1 is 1.24 bits per heavy atom. The maximum Gasteiger partial charge on any atom is 0.153 e. The molecule has 2 aliphatic rings. The van der Waals surface area contributed by atoms with E-state index in [9.17, 15) is 10.4 Å². The van der Waals surface area contributed by atoms with Crippen LogP contribution in [-0.2, 0) is 11.3 Å². The summed E-state index contributed by atoms with van der Waals surface area (Å²) in [5.41, 5.74) is 2.53. The van der Waals surface area contributed by atoms with E-state index in [0.29, 0.717) is 33.5 Å². The fourth-order valence-corrected chi connectivity index (χ4v) is 4.81. The van der Waals surface area contributed by atoms with Crippen molar-refractivity contribution in [2.75, 3.05) is 24.6 Å². The molecule has 2 aliphatic heterocycles. The van der Waals surface area contributed by atoms with E-state index < -0.39 is 0 Å². The third kappa shape index (κ3) is 3.69. The first-order valence-corrected chi connectivity index (χ1v) is 10.5. The molecule has 4 rings (SSSR count). The zero-order valence-corrected chi connectivity index (χ0v) is 17.7. The van der Waals surface area contributed by atoms with Crippen LogP contribution in [0.5, 0.6) is 0 Å². The molecule has 0 radical (unpaired) electrons. The number of ether oxygens (including phenoxy) is 1. The quantitative estimate of drug-likeness (QED) is 0.779. The molecule has 1 aromatic heterocycles. The summed E-state index contributed by atoms with van der Waals surface area (Å²) in [5.74, 6) is 0.701. The van der Waals surface area contributed by atoms with E-state index in [0.717, 1.165) is 45.4 Å². The van der Waals surface area contributed by atoms with Gasteiger partial charge in [-0.2, -0.15) is 5.26 Å². The van der Waals surface area contributed by atoms with Crippen molar-refractivity contribution in [1.29, 1.82) is 5.26 Å². The summed E-state index contributed by atoms with van der Waals surface area (Å²) < 4.78 is 6.00. The Morgan fingerprint density at radius 3 is 2.62 bits per heavy atom. The van der Waals surface area contributed by atoms with Gasteiger partial charge < -0.3 is 14.7 Å². The third-order valence-electron chi connectivity index (χ3n) is 5.89. The van der Waals surface area contributed by atoms with Crippen molar-refractivity contribution in [1.82, 2.24) is 9.97 Å². The van der Waals surface area contributed by atoms with Crippen LogP contribution >= 0.6 is 23.2 Å². The predicted octanol–water partition coefficient (Wildman–Crippen LogP) is 4.27. The summed E-state index contributed by atoms with van der Waals surface area (Å²) in [5, 5.41) is 19.8. The van der Waals surface area contributed by atoms with Gasteiger partial charge in [0.25, 0.3) is 0 Å². The number of nitrogens with zero attached hydrogens (tertiary/aromatic N) is 4. The lowest BCUT2D eigenvalue weighted by Crippen LogP contribution is -2.44. The molecule has 2 aromatic rings. The molecule has 1 N–H and O–H groups in total. The standard InChI is InChI=1S/C21H22Cl2N4O2/c1-13-19(14-3-4-16(22)15(11-24)18(14)23)26-17(12-28)20(25-13)27-8-6-21(7-9-27)5-2-10-29-21/h3-4,28H,2,5-10,12H2,1H3. The van der Waals surface area contributed by atoms with Crippen molar-refractivity contribution in [2.45, 2.75) is 44.8 Å². The third-order valence-corrected chi connectivity index (χ3v) is 6.60. The van der Waals surface area contributed by atoms with Gasteiger partial charge in [-0.05, 0) is 44.7 Å². The van der Waals surface area contributed by atoms with Crippen molar-refractivity contribution < 1.29 is 9.84 Å². The molecule has 1 spiro atoms. The minimum Gasteiger partial charge on any atom is -0.390 e. The second kappa shape index (κ2) is 8.08. The number of aromatic nitrogens is 2. The molecule has 3 heterocycles. The smallest absolute Gasteiger partial charge is 0.153 e. The van der Waals surface area contributed by atoms with Gasteiger partial charge in [0.15, 0.2) is 5.82 Å². The fourth-order valence-electron chi connectivity index (χ4n) is 4.27. The predicted molar refractivity (Wildman–Crippen MR) is 112 cm³/mol. The maximum absolute atomic E-state index is 9.97. The first-order chi connectivity index (χ1) is 14.0. The monoisotopic (exact) mass is 432 g/mol. The van der Waals surface area contributed by atoms with E-state index in [1.54, 1.807) is 12.1 Å². The van der Waals surface area contributed by atoms with Crippen molar-refractivity contribution in [2.24, 2.45) is 0 Å². The number of aliphatic hydroxyl groups excluding tert-OH is 1. The molecule has 0 amide bonds. The normalized spacial score (nSPS) is 18.2. The van der Waals surface area contributed by atoms with E-state index >= 15 is 0 Å². The molecule has 152 valence electrons. The summed E-state index contributed by atoms with van der Waals surface area (Å²) in [4.78, 5) is 11.6. The zero-order chi connectivity index (χ0) is 20.6. The highest BCUT2D eigenvalue weighted by Crippen LogP contribution is 2.39. The van der Waals surface area contributed by atoms with E-state index in [-0.39, 0.29) is 22.8 Å². The first kappa shape index (κ1) is 20.4. The summed E-state index contributed by atoms with van der Waals surface area (Å²) in [6.07, 6.45) is 4.15. The van der Waals surface area contributed by atoms with Crippen LogP contribution < -0.4 is 4.90 Å². The fraction of sp³-hybridized carbons (Fsp3) is 0.476.